The summed E-state index contributed by atoms with van der Waals surface area (Å²) in [5.41, 5.74) is 0. The minimum absolute atomic E-state index is 0.0380. The Morgan fingerprint density at radius 2 is 1.88 bits per heavy atom. The van der Waals surface area contributed by atoms with Crippen molar-refractivity contribution in [1.29, 1.82) is 0 Å². The van der Waals surface area contributed by atoms with E-state index >= 15 is 0 Å². The molecule has 0 bridgehead atoms. The molecule has 1 atom stereocenters. The Bertz CT molecular complexity index is 274. The van der Waals surface area contributed by atoms with Gasteiger partial charge < -0.3 is 19.7 Å². The van der Waals surface area contributed by atoms with E-state index < -0.39 is 30.2 Å². The molecule has 7 nitrogen and oxygen atoms in total. The third-order valence-electron chi connectivity index (χ3n) is 1.93. The fourth-order valence-electron chi connectivity index (χ4n) is 1.13. The summed E-state index contributed by atoms with van der Waals surface area (Å²) in [6.45, 7) is -0.0703. The summed E-state index contributed by atoms with van der Waals surface area (Å²) in [6.07, 6.45) is -0.528. The highest BCUT2D eigenvalue weighted by Crippen LogP contribution is 2.12. The predicted molar refractivity (Wildman–Crippen MR) is 55.0 cm³/mol. The fraction of sp³-hybridized carbons (Fsp3) is 0.700. The largest absolute Gasteiger partial charge is 0.481 e. The van der Waals surface area contributed by atoms with Crippen LogP contribution in [0.2, 0.25) is 0 Å². The quantitative estimate of drug-likeness (QED) is 0.442. The Morgan fingerprint density at radius 3 is 2.35 bits per heavy atom. The highest BCUT2D eigenvalue weighted by atomic mass is 16.5. The van der Waals surface area contributed by atoms with Crippen LogP contribution in [-0.2, 0) is 23.9 Å². The van der Waals surface area contributed by atoms with E-state index in [1.807, 2.05) is 0 Å². The number of carboxylic acid groups (broad SMARTS) is 1. The second kappa shape index (κ2) is 8.51. The third kappa shape index (κ3) is 7.29. The molecule has 17 heavy (non-hydrogen) atoms. The van der Waals surface area contributed by atoms with E-state index in [-0.39, 0.29) is 19.6 Å². The summed E-state index contributed by atoms with van der Waals surface area (Å²) in [4.78, 5) is 32.9. The second-order valence-electron chi connectivity index (χ2n) is 3.32. The van der Waals surface area contributed by atoms with Gasteiger partial charge in [0.25, 0.3) is 0 Å². The van der Waals surface area contributed by atoms with Crippen molar-refractivity contribution in [3.05, 3.63) is 0 Å². The van der Waals surface area contributed by atoms with Gasteiger partial charge in [0.2, 0.25) is 0 Å². The van der Waals surface area contributed by atoms with E-state index in [0.717, 1.165) is 7.11 Å². The number of esters is 2. The summed E-state index contributed by atoms with van der Waals surface area (Å²) < 4.78 is 9.08. The zero-order chi connectivity index (χ0) is 13.3. The van der Waals surface area contributed by atoms with Crippen molar-refractivity contribution in [2.75, 3.05) is 20.3 Å². The van der Waals surface area contributed by atoms with Gasteiger partial charge in [0.05, 0.1) is 32.5 Å². The van der Waals surface area contributed by atoms with Crippen LogP contribution in [-0.4, -0.2) is 48.4 Å². The van der Waals surface area contributed by atoms with E-state index in [2.05, 4.69) is 9.47 Å². The Balaban J connectivity index is 4.18. The number of hydrogen-bond acceptors (Lipinski definition) is 6. The predicted octanol–water partition coefficient (Wildman–Crippen LogP) is -0.434. The minimum Gasteiger partial charge on any atom is -0.481 e. The van der Waals surface area contributed by atoms with Crippen LogP contribution in [0.3, 0.4) is 0 Å². The highest BCUT2D eigenvalue weighted by molar-refractivity contribution is 5.83. The second-order valence-corrected chi connectivity index (χ2v) is 3.32. The molecule has 0 aromatic rings. The van der Waals surface area contributed by atoms with Crippen LogP contribution in [0.4, 0.5) is 0 Å². The molecule has 0 amide bonds. The van der Waals surface area contributed by atoms with Crippen LogP contribution in [0, 0.1) is 5.92 Å². The molecule has 0 aliphatic heterocycles. The van der Waals surface area contributed by atoms with E-state index in [4.69, 9.17) is 10.2 Å². The SMILES string of the molecule is COC(=O)C(CC(=O)O)CC(=O)OCCCO. The van der Waals surface area contributed by atoms with Gasteiger partial charge in [-0.25, -0.2) is 0 Å². The number of hydrogen-bond donors (Lipinski definition) is 2. The van der Waals surface area contributed by atoms with Crippen LogP contribution >= 0.6 is 0 Å². The molecule has 0 aromatic carbocycles. The normalized spacial score (nSPS) is 11.6. The summed E-state index contributed by atoms with van der Waals surface area (Å²) in [5.74, 6) is -3.68. The first-order chi connectivity index (χ1) is 8.01. The van der Waals surface area contributed by atoms with Crippen LogP contribution < -0.4 is 0 Å². The van der Waals surface area contributed by atoms with Gasteiger partial charge in [-0.15, -0.1) is 0 Å². The lowest BCUT2D eigenvalue weighted by Gasteiger charge is -2.11. The number of aliphatic carboxylic acids is 1. The first-order valence-electron chi connectivity index (χ1n) is 5.07. The first kappa shape index (κ1) is 15.4. The number of rotatable bonds is 8. The Morgan fingerprint density at radius 1 is 1.24 bits per heavy atom. The van der Waals surface area contributed by atoms with Crippen LogP contribution in [0.5, 0.6) is 0 Å². The lowest BCUT2D eigenvalue weighted by Crippen LogP contribution is -2.24. The molecule has 0 aliphatic carbocycles. The molecule has 1 unspecified atom stereocenters. The maximum atomic E-state index is 11.2. The lowest BCUT2D eigenvalue weighted by molar-refractivity contribution is -0.156. The number of aliphatic hydroxyl groups is 1. The topological polar surface area (TPSA) is 110 Å². The van der Waals surface area contributed by atoms with Gasteiger partial charge in [0.15, 0.2) is 0 Å². The van der Waals surface area contributed by atoms with Crippen LogP contribution in [0.1, 0.15) is 19.3 Å². The van der Waals surface area contributed by atoms with Gasteiger partial charge in [-0.05, 0) is 0 Å². The molecule has 0 aromatic heterocycles. The molecule has 0 saturated carbocycles. The molecule has 0 heterocycles. The molecule has 0 spiro atoms. The smallest absolute Gasteiger partial charge is 0.309 e. The van der Waals surface area contributed by atoms with E-state index in [0.29, 0.717) is 6.42 Å². The molecule has 2 N–H and O–H groups in total. The van der Waals surface area contributed by atoms with Gasteiger partial charge >= 0.3 is 17.9 Å². The number of carbonyl (C=O) groups excluding carboxylic acids is 2. The molecule has 98 valence electrons. The fourth-order valence-corrected chi connectivity index (χ4v) is 1.13. The van der Waals surface area contributed by atoms with Gasteiger partial charge in [0, 0.05) is 13.0 Å². The Kier molecular flexibility index (Phi) is 7.70. The van der Waals surface area contributed by atoms with Crippen molar-refractivity contribution in [2.24, 2.45) is 5.92 Å². The Labute approximate surface area is 98.3 Å². The maximum absolute atomic E-state index is 11.2. The van der Waals surface area contributed by atoms with Crippen LogP contribution in [0.15, 0.2) is 0 Å². The first-order valence-corrected chi connectivity index (χ1v) is 5.07. The zero-order valence-electron chi connectivity index (χ0n) is 9.55. The van der Waals surface area contributed by atoms with Crippen LogP contribution in [0.25, 0.3) is 0 Å². The standard InChI is InChI=1S/C10H16O7/c1-16-10(15)7(5-8(12)13)6-9(14)17-4-2-3-11/h7,11H,2-6H2,1H3,(H,12,13). The lowest BCUT2D eigenvalue weighted by atomic mass is 10.0. The van der Waals surface area contributed by atoms with Crippen molar-refractivity contribution in [3.8, 4) is 0 Å². The number of methoxy groups -OCH3 is 1. The molecule has 0 aliphatic rings. The van der Waals surface area contributed by atoms with Gasteiger partial charge in [-0.1, -0.05) is 0 Å². The molecular formula is C10H16O7. The van der Waals surface area contributed by atoms with E-state index in [1.165, 1.54) is 0 Å². The number of carbonyl (C=O) groups is 3. The molecule has 0 fully saturated rings. The highest BCUT2D eigenvalue weighted by Gasteiger charge is 2.26. The van der Waals surface area contributed by atoms with Crippen molar-refractivity contribution in [1.82, 2.24) is 0 Å². The van der Waals surface area contributed by atoms with E-state index in [9.17, 15) is 14.4 Å². The van der Waals surface area contributed by atoms with Crippen molar-refractivity contribution >= 4 is 17.9 Å². The van der Waals surface area contributed by atoms with Crippen molar-refractivity contribution in [2.45, 2.75) is 19.3 Å². The summed E-state index contributed by atoms with van der Waals surface area (Å²) in [7, 11) is 1.12. The summed E-state index contributed by atoms with van der Waals surface area (Å²) in [5, 5.41) is 17.0. The monoisotopic (exact) mass is 248 g/mol. The Hall–Kier alpha value is -1.63. The van der Waals surface area contributed by atoms with Crippen molar-refractivity contribution in [3.63, 3.8) is 0 Å². The molecule has 7 heteroatoms. The van der Waals surface area contributed by atoms with Crippen molar-refractivity contribution < 1.29 is 34.1 Å². The number of aliphatic hydroxyl groups excluding tert-OH is 1. The number of ether oxygens (including phenoxy) is 2. The molecular weight excluding hydrogens is 232 g/mol. The average molecular weight is 248 g/mol. The molecule has 0 saturated heterocycles. The van der Waals surface area contributed by atoms with Gasteiger partial charge in [0.1, 0.15) is 0 Å². The van der Waals surface area contributed by atoms with Gasteiger partial charge in [-0.3, -0.25) is 14.4 Å². The zero-order valence-corrected chi connectivity index (χ0v) is 9.55. The summed E-state index contributed by atoms with van der Waals surface area (Å²) in [6, 6.07) is 0. The molecule has 0 rings (SSSR count). The van der Waals surface area contributed by atoms with Gasteiger partial charge in [-0.2, -0.15) is 0 Å². The minimum atomic E-state index is -1.19. The third-order valence-corrected chi connectivity index (χ3v) is 1.93. The summed E-state index contributed by atoms with van der Waals surface area (Å²) >= 11 is 0. The van der Waals surface area contributed by atoms with E-state index in [1.54, 1.807) is 0 Å². The number of carboxylic acids is 1. The maximum Gasteiger partial charge on any atom is 0.309 e. The average Bonchev–Trinajstić information content (AvgIpc) is 2.27. The molecule has 0 radical (unpaired) electrons.